The summed E-state index contributed by atoms with van der Waals surface area (Å²) in [7, 11) is 1.23. The maximum atomic E-state index is 12.9. The fraction of sp³-hybridized carbons (Fsp3) is 0.200. The van der Waals surface area contributed by atoms with Crippen LogP contribution in [0, 0.1) is 6.92 Å². The van der Waals surface area contributed by atoms with Gasteiger partial charge in [0.15, 0.2) is 5.82 Å². The molecule has 150 valence electrons. The van der Waals surface area contributed by atoms with Crippen LogP contribution in [0.4, 0.5) is 0 Å². The average Bonchev–Trinajstić information content (AvgIpc) is 2.99. The molecule has 0 saturated heterocycles. The third-order valence-corrected chi connectivity index (χ3v) is 4.79. The Morgan fingerprint density at radius 2 is 1.86 bits per heavy atom. The number of carbonyl (C=O) groups excluding carboxylic acids is 1. The molecule has 1 N–H and O–H groups in total. The molecule has 0 fully saturated rings. The quantitative estimate of drug-likeness (QED) is 0.620. The van der Waals surface area contributed by atoms with Gasteiger partial charge in [-0.25, -0.2) is 14.3 Å². The molecule has 8 nitrogen and oxygen atoms in total. The second-order valence-electron chi connectivity index (χ2n) is 6.33. The molecule has 0 aliphatic heterocycles. The van der Waals surface area contributed by atoms with E-state index in [1.807, 2.05) is 0 Å². The van der Waals surface area contributed by atoms with Crippen LogP contribution < -0.4 is 5.69 Å². The van der Waals surface area contributed by atoms with E-state index in [1.165, 1.54) is 17.7 Å². The predicted octanol–water partition coefficient (Wildman–Crippen LogP) is 2.59. The summed E-state index contributed by atoms with van der Waals surface area (Å²) < 4.78 is 7.04. The first-order valence-electron chi connectivity index (χ1n) is 8.64. The number of hydrogen-bond donors (Lipinski definition) is 1. The lowest BCUT2D eigenvalue weighted by atomic mass is 10.0. The standard InChI is InChI=1S/C20H18ClN3O5/c1-12-14(4-3-5-16(12)19(26)27)10-23-18(13-6-8-15(21)9-7-13)22-24(20(23)28)11-17(25)29-2/h3-9H,10-11H2,1-2H3,(H,26,27). The van der Waals surface area contributed by atoms with Crippen LogP contribution in [0.2, 0.25) is 5.02 Å². The number of benzene rings is 2. The number of hydrogen-bond acceptors (Lipinski definition) is 5. The van der Waals surface area contributed by atoms with Crippen molar-refractivity contribution in [1.29, 1.82) is 0 Å². The van der Waals surface area contributed by atoms with Crippen molar-refractivity contribution in [3.05, 3.63) is 74.7 Å². The third-order valence-electron chi connectivity index (χ3n) is 4.54. The topological polar surface area (TPSA) is 103 Å². The van der Waals surface area contributed by atoms with E-state index >= 15 is 0 Å². The van der Waals surface area contributed by atoms with Crippen LogP contribution in [0.1, 0.15) is 21.5 Å². The minimum absolute atomic E-state index is 0.0882. The molecular formula is C20H18ClN3O5. The monoisotopic (exact) mass is 415 g/mol. The van der Waals surface area contributed by atoms with Gasteiger partial charge in [-0.05, 0) is 48.4 Å². The van der Waals surface area contributed by atoms with Gasteiger partial charge in [0.1, 0.15) is 6.54 Å². The van der Waals surface area contributed by atoms with Crippen LogP contribution in [0.3, 0.4) is 0 Å². The number of esters is 1. The Morgan fingerprint density at radius 1 is 1.17 bits per heavy atom. The lowest BCUT2D eigenvalue weighted by Gasteiger charge is -2.10. The van der Waals surface area contributed by atoms with Gasteiger partial charge in [-0.1, -0.05) is 23.7 Å². The highest BCUT2D eigenvalue weighted by Gasteiger charge is 2.19. The SMILES string of the molecule is COC(=O)Cn1nc(-c2ccc(Cl)cc2)n(Cc2cccc(C(=O)O)c2C)c1=O. The molecule has 29 heavy (non-hydrogen) atoms. The Kier molecular flexibility index (Phi) is 5.84. The summed E-state index contributed by atoms with van der Waals surface area (Å²) in [6.07, 6.45) is 0. The van der Waals surface area contributed by atoms with E-state index in [2.05, 4.69) is 9.84 Å². The number of aromatic carboxylic acids is 1. The summed E-state index contributed by atoms with van der Waals surface area (Å²) in [4.78, 5) is 36.0. The molecule has 0 spiro atoms. The fourth-order valence-corrected chi connectivity index (χ4v) is 3.07. The van der Waals surface area contributed by atoms with E-state index in [0.717, 1.165) is 4.68 Å². The Labute approximate surface area is 170 Å². The van der Waals surface area contributed by atoms with Gasteiger partial charge < -0.3 is 9.84 Å². The van der Waals surface area contributed by atoms with Crippen LogP contribution in [0.25, 0.3) is 11.4 Å². The average molecular weight is 416 g/mol. The van der Waals surface area contributed by atoms with E-state index in [4.69, 9.17) is 11.6 Å². The maximum Gasteiger partial charge on any atom is 0.347 e. The Bertz CT molecular complexity index is 1130. The van der Waals surface area contributed by atoms with Crippen LogP contribution in [-0.2, 0) is 22.6 Å². The molecular weight excluding hydrogens is 398 g/mol. The third kappa shape index (κ3) is 4.22. The molecule has 0 amide bonds. The van der Waals surface area contributed by atoms with Gasteiger partial charge in [0.05, 0.1) is 19.2 Å². The second-order valence-corrected chi connectivity index (χ2v) is 6.76. The number of aromatic nitrogens is 3. The highest BCUT2D eigenvalue weighted by atomic mass is 35.5. The zero-order chi connectivity index (χ0) is 21.1. The summed E-state index contributed by atoms with van der Waals surface area (Å²) in [6, 6.07) is 11.6. The molecule has 0 radical (unpaired) electrons. The molecule has 0 unspecified atom stereocenters. The molecule has 0 aliphatic carbocycles. The van der Waals surface area contributed by atoms with E-state index in [-0.39, 0.29) is 18.7 Å². The van der Waals surface area contributed by atoms with E-state index in [1.54, 1.807) is 43.3 Å². The normalized spacial score (nSPS) is 10.7. The summed E-state index contributed by atoms with van der Waals surface area (Å²) >= 11 is 5.95. The number of carboxylic acid groups (broad SMARTS) is 1. The van der Waals surface area contributed by atoms with Gasteiger partial charge in [-0.2, -0.15) is 0 Å². The molecule has 1 heterocycles. The van der Waals surface area contributed by atoms with Crippen LogP contribution in [0.5, 0.6) is 0 Å². The first kappa shape index (κ1) is 20.3. The van der Waals surface area contributed by atoms with Gasteiger partial charge in [0.25, 0.3) is 0 Å². The van der Waals surface area contributed by atoms with Crippen molar-refractivity contribution in [1.82, 2.24) is 14.3 Å². The fourth-order valence-electron chi connectivity index (χ4n) is 2.94. The summed E-state index contributed by atoms with van der Waals surface area (Å²) in [6.45, 7) is 1.44. The van der Waals surface area contributed by atoms with E-state index in [0.29, 0.717) is 27.5 Å². The molecule has 0 bridgehead atoms. The molecule has 0 atom stereocenters. The van der Waals surface area contributed by atoms with Crippen molar-refractivity contribution in [3.63, 3.8) is 0 Å². The lowest BCUT2D eigenvalue weighted by Crippen LogP contribution is -2.28. The molecule has 0 aliphatic rings. The number of carboxylic acids is 1. The Balaban J connectivity index is 2.13. The highest BCUT2D eigenvalue weighted by molar-refractivity contribution is 6.30. The van der Waals surface area contributed by atoms with Crippen molar-refractivity contribution >= 4 is 23.5 Å². The van der Waals surface area contributed by atoms with E-state index in [9.17, 15) is 19.5 Å². The smallest absolute Gasteiger partial charge is 0.347 e. The van der Waals surface area contributed by atoms with Crippen molar-refractivity contribution in [2.24, 2.45) is 0 Å². The van der Waals surface area contributed by atoms with Crippen molar-refractivity contribution in [2.75, 3.05) is 7.11 Å². The number of ether oxygens (including phenoxy) is 1. The zero-order valence-corrected chi connectivity index (χ0v) is 16.5. The number of nitrogens with zero attached hydrogens (tertiary/aromatic N) is 3. The van der Waals surface area contributed by atoms with Crippen LogP contribution >= 0.6 is 11.6 Å². The number of methoxy groups -OCH3 is 1. The summed E-state index contributed by atoms with van der Waals surface area (Å²) in [5.41, 5.74) is 1.47. The van der Waals surface area contributed by atoms with E-state index < -0.39 is 17.6 Å². The van der Waals surface area contributed by atoms with Gasteiger partial charge in [0.2, 0.25) is 0 Å². The Hall–Kier alpha value is -3.39. The number of carbonyl (C=O) groups is 2. The minimum atomic E-state index is -1.05. The van der Waals surface area contributed by atoms with Gasteiger partial charge in [-0.3, -0.25) is 9.36 Å². The lowest BCUT2D eigenvalue weighted by molar-refractivity contribution is -0.141. The molecule has 3 aromatic rings. The molecule has 2 aromatic carbocycles. The molecule has 1 aromatic heterocycles. The number of rotatable bonds is 6. The summed E-state index contributed by atoms with van der Waals surface area (Å²) in [5.74, 6) is -1.32. The van der Waals surface area contributed by atoms with Gasteiger partial charge in [0, 0.05) is 10.6 Å². The zero-order valence-electron chi connectivity index (χ0n) is 15.8. The number of halogens is 1. The minimum Gasteiger partial charge on any atom is -0.478 e. The van der Waals surface area contributed by atoms with Crippen LogP contribution in [0.15, 0.2) is 47.3 Å². The first-order valence-corrected chi connectivity index (χ1v) is 9.01. The molecule has 0 saturated carbocycles. The van der Waals surface area contributed by atoms with Gasteiger partial charge >= 0.3 is 17.6 Å². The van der Waals surface area contributed by atoms with Crippen molar-refractivity contribution < 1.29 is 19.4 Å². The Morgan fingerprint density at radius 3 is 2.48 bits per heavy atom. The van der Waals surface area contributed by atoms with Crippen molar-refractivity contribution in [3.8, 4) is 11.4 Å². The first-order chi connectivity index (χ1) is 13.8. The highest BCUT2D eigenvalue weighted by Crippen LogP contribution is 2.21. The predicted molar refractivity (Wildman–Crippen MR) is 106 cm³/mol. The molecule has 9 heteroatoms. The van der Waals surface area contributed by atoms with Crippen molar-refractivity contribution in [2.45, 2.75) is 20.0 Å². The molecule has 3 rings (SSSR count). The summed E-state index contributed by atoms with van der Waals surface area (Å²) in [5, 5.41) is 14.2. The second kappa shape index (κ2) is 8.32. The largest absolute Gasteiger partial charge is 0.478 e. The van der Waals surface area contributed by atoms with Gasteiger partial charge in [-0.15, -0.1) is 5.10 Å². The maximum absolute atomic E-state index is 12.9. The van der Waals surface area contributed by atoms with Crippen LogP contribution in [-0.4, -0.2) is 38.5 Å².